The van der Waals surface area contributed by atoms with Gasteiger partial charge in [-0.1, -0.05) is 39.5 Å². The summed E-state index contributed by atoms with van der Waals surface area (Å²) in [6.07, 6.45) is 3.44. The smallest absolute Gasteiger partial charge is 0.265 e. The quantitative estimate of drug-likeness (QED) is 0.770. The summed E-state index contributed by atoms with van der Waals surface area (Å²) in [5.74, 6) is 0.255. The lowest BCUT2D eigenvalue weighted by molar-refractivity contribution is -0.130. The minimum Gasteiger partial charge on any atom is -0.507 e. The Kier molecular flexibility index (Phi) is 6.53. The number of amides is 2. The number of likely N-dealkylation sites (N-methyl/N-ethyl adjacent to an activating group) is 1. The molecule has 0 bridgehead atoms. The topological polar surface area (TPSA) is 69.6 Å². The lowest BCUT2D eigenvalue weighted by Gasteiger charge is -2.22. The van der Waals surface area contributed by atoms with Crippen LogP contribution in [0.3, 0.4) is 0 Å². The van der Waals surface area contributed by atoms with E-state index in [0.717, 1.165) is 16.7 Å². The Morgan fingerprint density at radius 1 is 1.23 bits per heavy atom. The molecule has 0 saturated heterocycles. The number of nitrogens with one attached hydrogen (secondary N) is 1. The maximum atomic E-state index is 12.6. The van der Waals surface area contributed by atoms with Crippen LogP contribution in [0.1, 0.15) is 56.2 Å². The number of carbonyl (C=O) groups excluding carboxylic acids is 2. The SMILES string of the molecule is CNC(=O)CN1C=CSC(=Cc2cc(C(C)C)c(O)c(C(C)C)c2)C1=O. The van der Waals surface area contributed by atoms with Crippen LogP contribution >= 0.6 is 11.8 Å². The van der Waals surface area contributed by atoms with E-state index < -0.39 is 0 Å². The fourth-order valence-corrected chi connectivity index (χ4v) is 3.49. The zero-order chi connectivity index (χ0) is 19.4. The minimum atomic E-state index is -0.219. The molecular formula is C20H26N2O3S. The number of benzene rings is 1. The van der Waals surface area contributed by atoms with E-state index in [1.165, 1.54) is 16.7 Å². The van der Waals surface area contributed by atoms with Crippen molar-refractivity contribution in [3.8, 4) is 5.75 Å². The van der Waals surface area contributed by atoms with Gasteiger partial charge >= 0.3 is 0 Å². The second kappa shape index (κ2) is 8.45. The van der Waals surface area contributed by atoms with E-state index in [-0.39, 0.29) is 30.2 Å². The van der Waals surface area contributed by atoms with Crippen molar-refractivity contribution in [2.45, 2.75) is 39.5 Å². The number of carbonyl (C=O) groups is 2. The lowest BCUT2D eigenvalue weighted by Crippen LogP contribution is -2.37. The highest BCUT2D eigenvalue weighted by molar-refractivity contribution is 8.06. The zero-order valence-electron chi connectivity index (χ0n) is 15.9. The average Bonchev–Trinajstić information content (AvgIpc) is 2.59. The first kappa shape index (κ1) is 20.1. The first-order chi connectivity index (χ1) is 12.2. The molecule has 6 heteroatoms. The highest BCUT2D eigenvalue weighted by Gasteiger charge is 2.23. The van der Waals surface area contributed by atoms with E-state index in [0.29, 0.717) is 10.7 Å². The Morgan fingerprint density at radius 3 is 2.31 bits per heavy atom. The van der Waals surface area contributed by atoms with Crippen molar-refractivity contribution in [2.75, 3.05) is 13.6 Å². The van der Waals surface area contributed by atoms with Gasteiger partial charge in [0.2, 0.25) is 5.91 Å². The summed E-state index contributed by atoms with van der Waals surface area (Å²) in [5.41, 5.74) is 2.62. The van der Waals surface area contributed by atoms with Gasteiger partial charge in [0.15, 0.2) is 0 Å². The second-order valence-electron chi connectivity index (χ2n) is 6.88. The number of nitrogens with zero attached hydrogens (tertiary/aromatic N) is 1. The molecule has 1 heterocycles. The molecule has 2 N–H and O–H groups in total. The predicted molar refractivity (Wildman–Crippen MR) is 107 cm³/mol. The van der Waals surface area contributed by atoms with Gasteiger partial charge in [-0.05, 0) is 52.1 Å². The number of aromatic hydroxyl groups is 1. The summed E-state index contributed by atoms with van der Waals surface area (Å²) in [7, 11) is 1.54. The first-order valence-corrected chi connectivity index (χ1v) is 9.56. The van der Waals surface area contributed by atoms with Crippen molar-refractivity contribution in [3.63, 3.8) is 0 Å². The van der Waals surface area contributed by atoms with Gasteiger partial charge in [0.1, 0.15) is 12.3 Å². The van der Waals surface area contributed by atoms with Gasteiger partial charge in [-0.15, -0.1) is 0 Å². The lowest BCUT2D eigenvalue weighted by atomic mass is 9.91. The monoisotopic (exact) mass is 374 g/mol. The van der Waals surface area contributed by atoms with E-state index in [2.05, 4.69) is 5.32 Å². The van der Waals surface area contributed by atoms with Gasteiger partial charge in [0.25, 0.3) is 5.91 Å². The van der Waals surface area contributed by atoms with E-state index in [1.54, 1.807) is 18.7 Å². The van der Waals surface area contributed by atoms with Crippen LogP contribution < -0.4 is 5.32 Å². The van der Waals surface area contributed by atoms with Gasteiger partial charge in [-0.2, -0.15) is 0 Å². The zero-order valence-corrected chi connectivity index (χ0v) is 16.7. The summed E-state index contributed by atoms with van der Waals surface area (Å²) in [6.45, 7) is 8.12. The van der Waals surface area contributed by atoms with Crippen molar-refractivity contribution in [3.05, 3.63) is 45.3 Å². The minimum absolute atomic E-state index is 0.00615. The molecule has 0 radical (unpaired) electrons. The Balaban J connectivity index is 2.41. The largest absolute Gasteiger partial charge is 0.507 e. The summed E-state index contributed by atoms with van der Waals surface area (Å²) in [5, 5.41) is 14.8. The number of hydrogen-bond acceptors (Lipinski definition) is 4. The van der Waals surface area contributed by atoms with E-state index in [9.17, 15) is 14.7 Å². The maximum Gasteiger partial charge on any atom is 0.265 e. The molecule has 0 saturated carbocycles. The highest BCUT2D eigenvalue weighted by atomic mass is 32.2. The molecule has 2 rings (SSSR count). The third-order valence-corrected chi connectivity index (χ3v) is 5.04. The van der Waals surface area contributed by atoms with Crippen LogP contribution in [0.4, 0.5) is 0 Å². The Morgan fingerprint density at radius 2 is 1.81 bits per heavy atom. The normalized spacial score (nSPS) is 16.0. The van der Waals surface area contributed by atoms with Gasteiger partial charge in [0, 0.05) is 13.2 Å². The molecule has 0 atom stereocenters. The molecule has 140 valence electrons. The molecular weight excluding hydrogens is 348 g/mol. The Labute approximate surface area is 159 Å². The molecule has 0 aromatic heterocycles. The highest BCUT2D eigenvalue weighted by Crippen LogP contribution is 2.36. The Bertz CT molecular complexity index is 737. The molecule has 2 amide bonds. The fourth-order valence-electron chi connectivity index (χ4n) is 2.71. The molecule has 1 aliphatic rings. The molecule has 1 aliphatic heterocycles. The van der Waals surface area contributed by atoms with Crippen molar-refractivity contribution in [1.82, 2.24) is 10.2 Å². The summed E-state index contributed by atoms with van der Waals surface area (Å²) in [4.78, 5) is 26.2. The van der Waals surface area contributed by atoms with Gasteiger partial charge in [-0.25, -0.2) is 0 Å². The number of thioether (sulfide) groups is 1. The molecule has 0 fully saturated rings. The van der Waals surface area contributed by atoms with Crippen molar-refractivity contribution < 1.29 is 14.7 Å². The third kappa shape index (κ3) is 4.49. The van der Waals surface area contributed by atoms with E-state index in [1.807, 2.05) is 45.9 Å². The van der Waals surface area contributed by atoms with Crippen LogP contribution in [0.5, 0.6) is 5.75 Å². The maximum absolute atomic E-state index is 12.6. The van der Waals surface area contributed by atoms with Crippen LogP contribution in [-0.2, 0) is 9.59 Å². The predicted octanol–water partition coefficient (Wildman–Crippen LogP) is 3.77. The van der Waals surface area contributed by atoms with Crippen molar-refractivity contribution in [1.29, 1.82) is 0 Å². The number of rotatable bonds is 5. The van der Waals surface area contributed by atoms with Crippen LogP contribution in [0.2, 0.25) is 0 Å². The molecule has 1 aromatic carbocycles. The second-order valence-corrected chi connectivity index (χ2v) is 7.82. The number of phenols is 1. The standard InChI is InChI=1S/C20H26N2O3S/c1-12(2)15-8-14(9-16(13(3)4)19(15)24)10-17-20(25)22(6-7-26-17)11-18(23)21-5/h6-10,12-13,24H,11H2,1-5H3,(H,21,23). The summed E-state index contributed by atoms with van der Waals surface area (Å²) in [6, 6.07) is 3.85. The molecule has 1 aromatic rings. The van der Waals surface area contributed by atoms with Crippen molar-refractivity contribution in [2.24, 2.45) is 0 Å². The average molecular weight is 375 g/mol. The van der Waals surface area contributed by atoms with Crippen LogP contribution in [0.25, 0.3) is 6.08 Å². The third-order valence-electron chi connectivity index (χ3n) is 4.23. The van der Waals surface area contributed by atoms with Gasteiger partial charge in [0.05, 0.1) is 4.91 Å². The Hall–Kier alpha value is -2.21. The number of hydrogen-bond donors (Lipinski definition) is 2. The number of phenolic OH excluding ortho intramolecular Hbond substituents is 1. The molecule has 26 heavy (non-hydrogen) atoms. The molecule has 5 nitrogen and oxygen atoms in total. The van der Waals surface area contributed by atoms with Crippen LogP contribution in [0, 0.1) is 0 Å². The van der Waals surface area contributed by atoms with Crippen LogP contribution in [0.15, 0.2) is 28.6 Å². The first-order valence-electron chi connectivity index (χ1n) is 8.68. The molecule has 0 spiro atoms. The van der Waals surface area contributed by atoms with E-state index >= 15 is 0 Å². The van der Waals surface area contributed by atoms with Crippen molar-refractivity contribution >= 4 is 29.7 Å². The van der Waals surface area contributed by atoms with Crippen LogP contribution in [-0.4, -0.2) is 35.4 Å². The van der Waals surface area contributed by atoms with E-state index in [4.69, 9.17) is 0 Å². The molecule has 0 unspecified atom stereocenters. The summed E-state index contributed by atoms with van der Waals surface area (Å²) >= 11 is 1.33. The van der Waals surface area contributed by atoms with Gasteiger partial charge < -0.3 is 15.3 Å². The molecule has 0 aliphatic carbocycles. The summed E-state index contributed by atoms with van der Waals surface area (Å²) < 4.78 is 0. The van der Waals surface area contributed by atoms with Gasteiger partial charge in [-0.3, -0.25) is 9.59 Å². The fraction of sp³-hybridized carbons (Fsp3) is 0.400.